The molecule has 1 aliphatic carbocycles. The number of benzene rings is 1. The minimum absolute atomic E-state index is 0.148. The molecular weight excluding hydrogens is 208 g/mol. The summed E-state index contributed by atoms with van der Waals surface area (Å²) < 4.78 is 0. The molecule has 17 heavy (non-hydrogen) atoms. The molecule has 0 saturated heterocycles. The van der Waals surface area contributed by atoms with Gasteiger partial charge in [-0.15, -0.1) is 0 Å². The van der Waals surface area contributed by atoms with Crippen LogP contribution in [0.25, 0.3) is 0 Å². The summed E-state index contributed by atoms with van der Waals surface area (Å²) in [4.78, 5) is 2.51. The van der Waals surface area contributed by atoms with E-state index in [9.17, 15) is 0 Å². The average Bonchev–Trinajstić information content (AvgIpc) is 3.13. The molecule has 1 unspecified atom stereocenters. The Kier molecular flexibility index (Phi) is 3.85. The standard InChI is InChI=1S/C15H24N2/c1-4-17(14-7-8-14)10-15(16)13-6-5-11(2)12(3)9-13/h5-6,9,14-15H,4,7-8,10,16H2,1-3H3. The van der Waals surface area contributed by atoms with E-state index in [0.717, 1.165) is 19.1 Å². The van der Waals surface area contributed by atoms with Crippen LogP contribution in [0.15, 0.2) is 18.2 Å². The van der Waals surface area contributed by atoms with E-state index in [4.69, 9.17) is 5.73 Å². The Morgan fingerprint density at radius 2 is 2.00 bits per heavy atom. The molecule has 2 N–H and O–H groups in total. The van der Waals surface area contributed by atoms with Crippen molar-refractivity contribution in [2.45, 2.75) is 45.7 Å². The number of likely N-dealkylation sites (N-methyl/N-ethyl adjacent to an activating group) is 1. The second kappa shape index (κ2) is 5.19. The van der Waals surface area contributed by atoms with Gasteiger partial charge in [0.1, 0.15) is 0 Å². The number of aryl methyl sites for hydroxylation is 2. The third kappa shape index (κ3) is 3.08. The molecule has 0 heterocycles. The minimum Gasteiger partial charge on any atom is -0.323 e. The van der Waals surface area contributed by atoms with Crippen molar-refractivity contribution in [3.05, 3.63) is 34.9 Å². The molecule has 0 bridgehead atoms. The van der Waals surface area contributed by atoms with Crippen molar-refractivity contribution < 1.29 is 0 Å². The van der Waals surface area contributed by atoms with Gasteiger partial charge in [0.25, 0.3) is 0 Å². The van der Waals surface area contributed by atoms with Crippen molar-refractivity contribution in [3.8, 4) is 0 Å². The Bertz CT molecular complexity index is 383. The van der Waals surface area contributed by atoms with Crippen LogP contribution in [0.4, 0.5) is 0 Å². The van der Waals surface area contributed by atoms with E-state index in [1.807, 2.05) is 0 Å². The van der Waals surface area contributed by atoms with Crippen LogP contribution in [-0.4, -0.2) is 24.0 Å². The van der Waals surface area contributed by atoms with Crippen LogP contribution >= 0.6 is 0 Å². The average molecular weight is 232 g/mol. The van der Waals surface area contributed by atoms with Crippen LogP contribution in [-0.2, 0) is 0 Å². The molecule has 1 aliphatic rings. The van der Waals surface area contributed by atoms with Gasteiger partial charge >= 0.3 is 0 Å². The van der Waals surface area contributed by atoms with Gasteiger partial charge in [0, 0.05) is 18.6 Å². The summed E-state index contributed by atoms with van der Waals surface area (Å²) in [5.74, 6) is 0. The van der Waals surface area contributed by atoms with E-state index in [-0.39, 0.29) is 6.04 Å². The topological polar surface area (TPSA) is 29.3 Å². The van der Waals surface area contributed by atoms with Crippen LogP contribution < -0.4 is 5.73 Å². The van der Waals surface area contributed by atoms with Crippen molar-refractivity contribution in [3.63, 3.8) is 0 Å². The molecule has 94 valence electrons. The maximum Gasteiger partial charge on any atom is 0.0424 e. The zero-order valence-electron chi connectivity index (χ0n) is 11.2. The fourth-order valence-electron chi connectivity index (χ4n) is 2.33. The number of nitrogens with zero attached hydrogens (tertiary/aromatic N) is 1. The van der Waals surface area contributed by atoms with Gasteiger partial charge in [0.15, 0.2) is 0 Å². The summed E-state index contributed by atoms with van der Waals surface area (Å²) >= 11 is 0. The predicted molar refractivity (Wildman–Crippen MR) is 73.1 cm³/mol. The normalized spacial score (nSPS) is 17.5. The van der Waals surface area contributed by atoms with Crippen molar-refractivity contribution in [2.75, 3.05) is 13.1 Å². The van der Waals surface area contributed by atoms with Crippen LogP contribution in [0.5, 0.6) is 0 Å². The zero-order chi connectivity index (χ0) is 12.4. The lowest BCUT2D eigenvalue weighted by Gasteiger charge is -2.24. The summed E-state index contributed by atoms with van der Waals surface area (Å²) in [6.45, 7) is 8.63. The number of nitrogens with two attached hydrogens (primary N) is 1. The number of rotatable bonds is 5. The molecule has 1 atom stereocenters. The third-order valence-electron chi connectivity index (χ3n) is 3.86. The van der Waals surface area contributed by atoms with Gasteiger partial charge in [-0.05, 0) is 49.9 Å². The van der Waals surface area contributed by atoms with Crippen LogP contribution in [0.3, 0.4) is 0 Å². The summed E-state index contributed by atoms with van der Waals surface area (Å²) in [7, 11) is 0. The summed E-state index contributed by atoms with van der Waals surface area (Å²) in [6, 6.07) is 7.54. The first-order chi connectivity index (χ1) is 8.11. The highest BCUT2D eigenvalue weighted by atomic mass is 15.2. The molecule has 0 aromatic heterocycles. The largest absolute Gasteiger partial charge is 0.323 e. The Morgan fingerprint density at radius 1 is 1.29 bits per heavy atom. The molecule has 1 saturated carbocycles. The molecule has 0 amide bonds. The van der Waals surface area contributed by atoms with E-state index in [1.54, 1.807) is 0 Å². The van der Waals surface area contributed by atoms with Gasteiger partial charge in [-0.1, -0.05) is 25.1 Å². The van der Waals surface area contributed by atoms with Gasteiger partial charge < -0.3 is 5.73 Å². The highest BCUT2D eigenvalue weighted by Crippen LogP contribution is 2.28. The zero-order valence-corrected chi connectivity index (χ0v) is 11.2. The van der Waals surface area contributed by atoms with Crippen molar-refractivity contribution >= 4 is 0 Å². The van der Waals surface area contributed by atoms with E-state index in [0.29, 0.717) is 0 Å². The van der Waals surface area contributed by atoms with Gasteiger partial charge in [-0.3, -0.25) is 4.90 Å². The molecule has 0 spiro atoms. The second-order valence-corrected chi connectivity index (χ2v) is 5.27. The molecule has 1 fully saturated rings. The van der Waals surface area contributed by atoms with Gasteiger partial charge in [-0.2, -0.15) is 0 Å². The van der Waals surface area contributed by atoms with Crippen molar-refractivity contribution in [1.82, 2.24) is 4.90 Å². The smallest absolute Gasteiger partial charge is 0.0424 e. The first-order valence-electron chi connectivity index (χ1n) is 6.68. The Balaban J connectivity index is 2.02. The first kappa shape index (κ1) is 12.6. The molecule has 2 heteroatoms. The van der Waals surface area contributed by atoms with E-state index >= 15 is 0 Å². The molecule has 1 aromatic rings. The second-order valence-electron chi connectivity index (χ2n) is 5.27. The molecule has 0 radical (unpaired) electrons. The highest BCUT2D eigenvalue weighted by molar-refractivity contribution is 5.31. The summed E-state index contributed by atoms with van der Waals surface area (Å²) in [5.41, 5.74) is 10.3. The molecule has 1 aromatic carbocycles. The van der Waals surface area contributed by atoms with E-state index in [2.05, 4.69) is 43.9 Å². The van der Waals surface area contributed by atoms with Crippen LogP contribution in [0.1, 0.15) is 42.5 Å². The molecular formula is C15H24N2. The van der Waals surface area contributed by atoms with Gasteiger partial charge in [0.2, 0.25) is 0 Å². The predicted octanol–water partition coefficient (Wildman–Crippen LogP) is 2.79. The lowest BCUT2D eigenvalue weighted by molar-refractivity contribution is 0.260. The lowest BCUT2D eigenvalue weighted by Crippen LogP contribution is -2.33. The number of hydrogen-bond acceptors (Lipinski definition) is 2. The molecule has 2 rings (SSSR count). The summed E-state index contributed by atoms with van der Waals surface area (Å²) in [5, 5.41) is 0. The SMILES string of the molecule is CCN(CC(N)c1ccc(C)c(C)c1)C1CC1. The van der Waals surface area contributed by atoms with Gasteiger partial charge in [-0.25, -0.2) is 0 Å². The first-order valence-corrected chi connectivity index (χ1v) is 6.68. The number of hydrogen-bond donors (Lipinski definition) is 1. The summed E-state index contributed by atoms with van der Waals surface area (Å²) in [6.07, 6.45) is 2.71. The fraction of sp³-hybridized carbons (Fsp3) is 0.600. The maximum atomic E-state index is 6.31. The van der Waals surface area contributed by atoms with Crippen molar-refractivity contribution in [1.29, 1.82) is 0 Å². The molecule has 0 aliphatic heterocycles. The molecule has 2 nitrogen and oxygen atoms in total. The Labute approximate surface area is 105 Å². The highest BCUT2D eigenvalue weighted by Gasteiger charge is 2.28. The van der Waals surface area contributed by atoms with Crippen LogP contribution in [0.2, 0.25) is 0 Å². The Hall–Kier alpha value is -0.860. The van der Waals surface area contributed by atoms with Crippen molar-refractivity contribution in [2.24, 2.45) is 5.73 Å². The van der Waals surface area contributed by atoms with E-state index < -0.39 is 0 Å². The maximum absolute atomic E-state index is 6.31. The third-order valence-corrected chi connectivity index (χ3v) is 3.86. The van der Waals surface area contributed by atoms with E-state index in [1.165, 1.54) is 29.5 Å². The monoisotopic (exact) mass is 232 g/mol. The lowest BCUT2D eigenvalue weighted by atomic mass is 10.0. The fourth-order valence-corrected chi connectivity index (χ4v) is 2.33. The minimum atomic E-state index is 0.148. The van der Waals surface area contributed by atoms with Gasteiger partial charge in [0.05, 0.1) is 0 Å². The quantitative estimate of drug-likeness (QED) is 0.846. The Morgan fingerprint density at radius 3 is 2.53 bits per heavy atom. The van der Waals surface area contributed by atoms with Crippen LogP contribution in [0, 0.1) is 13.8 Å².